The molecule has 0 radical (unpaired) electrons. The highest BCUT2D eigenvalue weighted by Crippen LogP contribution is 2.23. The van der Waals surface area contributed by atoms with Gasteiger partial charge in [0, 0.05) is 18.5 Å². The number of thioether (sulfide) groups is 2. The van der Waals surface area contributed by atoms with Crippen molar-refractivity contribution in [2.45, 2.75) is 16.7 Å². The van der Waals surface area contributed by atoms with E-state index in [1.807, 2.05) is 18.4 Å². The maximum Gasteiger partial charge on any atom is 0.284 e. The van der Waals surface area contributed by atoms with Gasteiger partial charge in [0.05, 0.1) is 12.0 Å². The van der Waals surface area contributed by atoms with Crippen molar-refractivity contribution in [1.29, 1.82) is 0 Å². The third-order valence-corrected chi connectivity index (χ3v) is 5.01. The van der Waals surface area contributed by atoms with Crippen molar-refractivity contribution < 1.29 is 13.6 Å². The highest BCUT2D eigenvalue weighted by molar-refractivity contribution is 7.99. The molecule has 0 spiro atoms. The fourth-order valence-electron chi connectivity index (χ4n) is 2.09. The summed E-state index contributed by atoms with van der Waals surface area (Å²) in [6, 6.07) is 11.7. The summed E-state index contributed by atoms with van der Waals surface area (Å²) in [5.74, 6) is 1.05. The summed E-state index contributed by atoms with van der Waals surface area (Å²) < 4.78 is 10.7. The van der Waals surface area contributed by atoms with Crippen LogP contribution < -0.4 is 0 Å². The average Bonchev–Trinajstić information content (AvgIpc) is 3.31. The van der Waals surface area contributed by atoms with Crippen molar-refractivity contribution in [3.8, 4) is 11.7 Å². The lowest BCUT2D eigenvalue weighted by Crippen LogP contribution is -2.27. The molecular weight excluding hydrogens is 358 g/mol. The normalized spacial score (nSPS) is 10.8. The Kier molecular flexibility index (Phi) is 5.83. The Hall–Kier alpha value is -2.19. The second-order valence-corrected chi connectivity index (χ2v) is 7.04. The molecule has 8 heteroatoms. The van der Waals surface area contributed by atoms with Crippen molar-refractivity contribution in [3.05, 3.63) is 48.2 Å². The molecule has 0 aliphatic rings. The SMILES string of the molecule is CSc1ccc(CN(C)C(=O)CSc2nnc(-c3ccco3)o2)cc1. The average molecular weight is 375 g/mol. The predicted octanol–water partition coefficient (Wildman–Crippen LogP) is 3.80. The van der Waals surface area contributed by atoms with Gasteiger partial charge in [-0.15, -0.1) is 22.0 Å². The van der Waals surface area contributed by atoms with Crippen molar-refractivity contribution in [1.82, 2.24) is 15.1 Å². The van der Waals surface area contributed by atoms with E-state index in [2.05, 4.69) is 22.3 Å². The van der Waals surface area contributed by atoms with E-state index < -0.39 is 0 Å². The molecule has 3 aromatic rings. The standard InChI is InChI=1S/C17H17N3O3S2/c1-20(10-12-5-7-13(24-2)8-6-12)15(21)11-25-17-19-18-16(23-17)14-4-3-9-22-14/h3-9H,10-11H2,1-2H3. The van der Waals surface area contributed by atoms with E-state index in [1.165, 1.54) is 22.9 Å². The van der Waals surface area contributed by atoms with E-state index in [1.54, 1.807) is 35.8 Å². The third kappa shape index (κ3) is 4.67. The smallest absolute Gasteiger partial charge is 0.284 e. The lowest BCUT2D eigenvalue weighted by atomic mass is 10.2. The molecule has 2 heterocycles. The Morgan fingerprint density at radius 3 is 2.68 bits per heavy atom. The van der Waals surface area contributed by atoms with Crippen molar-refractivity contribution >= 4 is 29.4 Å². The largest absolute Gasteiger partial charge is 0.459 e. The quantitative estimate of drug-likeness (QED) is 0.582. The van der Waals surface area contributed by atoms with Crippen LogP contribution in [0.25, 0.3) is 11.7 Å². The van der Waals surface area contributed by atoms with E-state index >= 15 is 0 Å². The van der Waals surface area contributed by atoms with Gasteiger partial charge in [-0.2, -0.15) is 0 Å². The van der Waals surface area contributed by atoms with Crippen molar-refractivity contribution in [2.75, 3.05) is 19.1 Å². The molecule has 2 aromatic heterocycles. The molecule has 0 aliphatic carbocycles. The molecule has 0 bridgehead atoms. The number of carbonyl (C=O) groups is 1. The number of benzene rings is 1. The minimum Gasteiger partial charge on any atom is -0.459 e. The van der Waals surface area contributed by atoms with Gasteiger partial charge >= 0.3 is 0 Å². The molecule has 25 heavy (non-hydrogen) atoms. The second-order valence-electron chi connectivity index (χ2n) is 5.24. The molecule has 130 valence electrons. The van der Waals surface area contributed by atoms with Crippen LogP contribution in [0.3, 0.4) is 0 Å². The molecule has 0 atom stereocenters. The van der Waals surface area contributed by atoms with Crippen LogP contribution in [0.15, 0.2) is 61.6 Å². The second kappa shape index (κ2) is 8.26. The van der Waals surface area contributed by atoms with Gasteiger partial charge in [-0.25, -0.2) is 0 Å². The molecule has 6 nitrogen and oxygen atoms in total. The fraction of sp³-hybridized carbons (Fsp3) is 0.235. The molecule has 0 fully saturated rings. The maximum atomic E-state index is 12.3. The Bertz CT molecular complexity index is 816. The summed E-state index contributed by atoms with van der Waals surface area (Å²) in [6.07, 6.45) is 3.58. The van der Waals surface area contributed by atoms with Gasteiger partial charge in [0.15, 0.2) is 5.76 Å². The molecule has 0 saturated heterocycles. The zero-order valence-corrected chi connectivity index (χ0v) is 15.5. The van der Waals surface area contributed by atoms with Crippen LogP contribution in [0.5, 0.6) is 0 Å². The van der Waals surface area contributed by atoms with Crippen LogP contribution in [-0.2, 0) is 11.3 Å². The van der Waals surface area contributed by atoms with Crippen molar-refractivity contribution in [2.24, 2.45) is 0 Å². The van der Waals surface area contributed by atoms with Gasteiger partial charge in [0.2, 0.25) is 5.91 Å². The third-order valence-electron chi connectivity index (χ3n) is 3.46. The number of hydrogen-bond acceptors (Lipinski definition) is 7. The summed E-state index contributed by atoms with van der Waals surface area (Å²) in [5.41, 5.74) is 1.09. The van der Waals surface area contributed by atoms with Gasteiger partial charge in [0.25, 0.3) is 11.1 Å². The number of rotatable bonds is 7. The molecule has 1 aromatic carbocycles. The van der Waals surface area contributed by atoms with Gasteiger partial charge in [-0.1, -0.05) is 23.9 Å². The Labute approximate surface area is 154 Å². The molecule has 0 N–H and O–H groups in total. The first-order chi connectivity index (χ1) is 12.2. The molecule has 3 rings (SSSR count). The summed E-state index contributed by atoms with van der Waals surface area (Å²) in [4.78, 5) is 15.2. The minimum absolute atomic E-state index is 0.00306. The van der Waals surface area contributed by atoms with E-state index in [4.69, 9.17) is 8.83 Å². The highest BCUT2D eigenvalue weighted by Gasteiger charge is 2.15. The molecule has 0 unspecified atom stereocenters. The van der Waals surface area contributed by atoms with Crippen LogP contribution in [0.1, 0.15) is 5.56 Å². The van der Waals surface area contributed by atoms with Gasteiger partial charge < -0.3 is 13.7 Å². The predicted molar refractivity (Wildman–Crippen MR) is 97.4 cm³/mol. The first kappa shape index (κ1) is 17.6. The first-order valence-electron chi connectivity index (χ1n) is 7.53. The van der Waals surface area contributed by atoms with Crippen LogP contribution in [0, 0.1) is 0 Å². The number of hydrogen-bond donors (Lipinski definition) is 0. The van der Waals surface area contributed by atoms with E-state index in [0.29, 0.717) is 23.4 Å². The van der Waals surface area contributed by atoms with Gasteiger partial charge in [-0.3, -0.25) is 4.79 Å². The van der Waals surface area contributed by atoms with Crippen LogP contribution in [0.4, 0.5) is 0 Å². The van der Waals surface area contributed by atoms with Crippen molar-refractivity contribution in [3.63, 3.8) is 0 Å². The topological polar surface area (TPSA) is 72.4 Å². The molecular formula is C17H17N3O3S2. The Morgan fingerprint density at radius 2 is 2.00 bits per heavy atom. The van der Waals surface area contributed by atoms with Gasteiger partial charge in [0.1, 0.15) is 0 Å². The van der Waals surface area contributed by atoms with E-state index in [0.717, 1.165) is 5.56 Å². The van der Waals surface area contributed by atoms with Crippen LogP contribution in [0.2, 0.25) is 0 Å². The first-order valence-corrected chi connectivity index (χ1v) is 9.74. The zero-order chi connectivity index (χ0) is 17.6. The number of aromatic nitrogens is 2. The Balaban J connectivity index is 1.51. The number of nitrogens with zero attached hydrogens (tertiary/aromatic N) is 3. The van der Waals surface area contributed by atoms with Crippen LogP contribution >= 0.6 is 23.5 Å². The van der Waals surface area contributed by atoms with Crippen LogP contribution in [-0.4, -0.2) is 40.1 Å². The summed E-state index contributed by atoms with van der Waals surface area (Å²) in [7, 11) is 1.79. The van der Waals surface area contributed by atoms with E-state index in [9.17, 15) is 4.79 Å². The summed E-state index contributed by atoms with van der Waals surface area (Å²) in [5, 5.41) is 8.17. The Morgan fingerprint density at radius 1 is 1.20 bits per heavy atom. The lowest BCUT2D eigenvalue weighted by molar-refractivity contribution is -0.127. The van der Waals surface area contributed by atoms with E-state index in [-0.39, 0.29) is 11.7 Å². The summed E-state index contributed by atoms with van der Waals surface area (Å²) in [6.45, 7) is 0.565. The maximum absolute atomic E-state index is 12.3. The molecule has 0 aliphatic heterocycles. The molecule has 1 amide bonds. The monoisotopic (exact) mass is 375 g/mol. The highest BCUT2D eigenvalue weighted by atomic mass is 32.2. The van der Waals surface area contributed by atoms with Gasteiger partial charge in [-0.05, 0) is 36.1 Å². The fourth-order valence-corrected chi connectivity index (χ4v) is 3.21. The zero-order valence-electron chi connectivity index (χ0n) is 13.8. The summed E-state index contributed by atoms with van der Waals surface area (Å²) >= 11 is 2.91. The minimum atomic E-state index is -0.00306. The number of carbonyl (C=O) groups excluding carboxylic acids is 1. The number of amides is 1. The lowest BCUT2D eigenvalue weighted by Gasteiger charge is -2.16. The number of furan rings is 1. The molecule has 0 saturated carbocycles.